The van der Waals surface area contributed by atoms with E-state index < -0.39 is 0 Å². The summed E-state index contributed by atoms with van der Waals surface area (Å²) in [7, 11) is 0. The topological polar surface area (TPSA) is 35.5 Å². The van der Waals surface area contributed by atoms with E-state index in [1.165, 1.54) is 6.42 Å². The number of hydrogen-bond donors (Lipinski definition) is 0. The summed E-state index contributed by atoms with van der Waals surface area (Å²) in [5.74, 6) is 3.09. The van der Waals surface area contributed by atoms with Crippen molar-refractivity contribution in [2.45, 2.75) is 64.8 Å². The number of carbonyl (C=O) groups excluding carboxylic acids is 1. The highest BCUT2D eigenvalue weighted by atomic mass is 16.6. The third-order valence-electron chi connectivity index (χ3n) is 6.74. The quantitative estimate of drug-likeness (QED) is 0.728. The molecule has 2 aliphatic heterocycles. The summed E-state index contributed by atoms with van der Waals surface area (Å²) in [4.78, 5) is 12.3. The van der Waals surface area contributed by atoms with E-state index in [4.69, 9.17) is 9.47 Å². The molecule has 3 nitrogen and oxygen atoms in total. The maximum Gasteiger partial charge on any atom is 0.310 e. The van der Waals surface area contributed by atoms with Gasteiger partial charge in [0.2, 0.25) is 0 Å². The molecule has 3 heteroatoms. The van der Waals surface area contributed by atoms with Crippen LogP contribution in [0.5, 0.6) is 0 Å². The molecular weight excluding hydrogens is 252 g/mol. The van der Waals surface area contributed by atoms with Gasteiger partial charge in [0.05, 0.1) is 18.1 Å². The third-order valence-corrected chi connectivity index (χ3v) is 6.74. The molecular formula is C17H26O3. The highest BCUT2D eigenvalue weighted by Gasteiger charge is 2.71. The van der Waals surface area contributed by atoms with Crippen molar-refractivity contribution in [1.29, 1.82) is 0 Å². The van der Waals surface area contributed by atoms with Crippen LogP contribution in [-0.4, -0.2) is 23.8 Å². The summed E-state index contributed by atoms with van der Waals surface area (Å²) < 4.78 is 12.0. The van der Waals surface area contributed by atoms with Gasteiger partial charge in [-0.2, -0.15) is 0 Å². The van der Waals surface area contributed by atoms with Crippen LogP contribution in [-0.2, 0) is 14.3 Å². The Kier molecular flexibility index (Phi) is 2.62. The Morgan fingerprint density at radius 3 is 2.30 bits per heavy atom. The summed E-state index contributed by atoms with van der Waals surface area (Å²) in [6.07, 6.45) is 4.20. The van der Waals surface area contributed by atoms with Gasteiger partial charge in [-0.25, -0.2) is 0 Å². The van der Waals surface area contributed by atoms with Crippen molar-refractivity contribution < 1.29 is 14.3 Å². The molecule has 112 valence electrons. The number of hydrogen-bond acceptors (Lipinski definition) is 3. The molecule has 4 aliphatic rings. The lowest BCUT2D eigenvalue weighted by Gasteiger charge is -2.38. The van der Waals surface area contributed by atoms with Crippen molar-refractivity contribution in [3.05, 3.63) is 0 Å². The summed E-state index contributed by atoms with van der Waals surface area (Å²) in [5, 5.41) is 0. The van der Waals surface area contributed by atoms with Gasteiger partial charge in [-0.1, -0.05) is 13.8 Å². The van der Waals surface area contributed by atoms with Crippen LogP contribution in [0.4, 0.5) is 0 Å². The number of rotatable bonds is 2. The monoisotopic (exact) mass is 278 g/mol. The minimum absolute atomic E-state index is 0.0701. The van der Waals surface area contributed by atoms with E-state index in [0.717, 1.165) is 12.8 Å². The molecule has 2 saturated carbocycles. The lowest BCUT2D eigenvalue weighted by Crippen LogP contribution is -2.43. The smallest absolute Gasteiger partial charge is 0.310 e. The number of esters is 1. The normalized spacial score (nSPS) is 54.9. The number of fused-ring (bicyclic) bond motifs is 8. The Morgan fingerprint density at radius 2 is 1.70 bits per heavy atom. The van der Waals surface area contributed by atoms with Crippen molar-refractivity contribution in [3.63, 3.8) is 0 Å². The van der Waals surface area contributed by atoms with Gasteiger partial charge in [0.25, 0.3) is 0 Å². The second kappa shape index (κ2) is 4.00. The Balaban J connectivity index is 1.73. The van der Waals surface area contributed by atoms with Gasteiger partial charge in [0.1, 0.15) is 5.60 Å². The van der Waals surface area contributed by atoms with Gasteiger partial charge < -0.3 is 9.47 Å². The van der Waals surface area contributed by atoms with Crippen molar-refractivity contribution in [2.75, 3.05) is 0 Å². The maximum absolute atomic E-state index is 12.3. The molecule has 0 amide bonds. The summed E-state index contributed by atoms with van der Waals surface area (Å²) in [5.41, 5.74) is -0.269. The van der Waals surface area contributed by atoms with E-state index in [2.05, 4.69) is 27.7 Å². The molecule has 2 aliphatic carbocycles. The standard InChI is InChI=1S/C17H26O3/c1-5-10-12-8-7-9(13(12)11(6-2)19-10)15-14(8)16(18)20-17(15,3)4/h8-15H,5-7H2,1-4H3. The van der Waals surface area contributed by atoms with E-state index in [0.29, 0.717) is 41.8 Å². The molecule has 0 radical (unpaired) electrons. The van der Waals surface area contributed by atoms with Crippen LogP contribution in [0, 0.1) is 35.5 Å². The average Bonchev–Trinajstić information content (AvgIpc) is 3.08. The highest BCUT2D eigenvalue weighted by Crippen LogP contribution is 2.68. The van der Waals surface area contributed by atoms with E-state index in [1.54, 1.807) is 0 Å². The fraction of sp³-hybridized carbons (Fsp3) is 0.941. The lowest BCUT2D eigenvalue weighted by molar-refractivity contribution is -0.150. The highest BCUT2D eigenvalue weighted by molar-refractivity contribution is 5.77. The molecule has 2 heterocycles. The zero-order valence-electron chi connectivity index (χ0n) is 13.0. The molecule has 2 saturated heterocycles. The van der Waals surface area contributed by atoms with Crippen molar-refractivity contribution in [1.82, 2.24) is 0 Å². The number of carbonyl (C=O) groups is 1. The number of cyclic esters (lactones) is 1. The first-order valence-electron chi connectivity index (χ1n) is 8.38. The number of ether oxygens (including phenoxy) is 2. The summed E-state index contributed by atoms with van der Waals surface area (Å²) in [6.45, 7) is 8.68. The van der Waals surface area contributed by atoms with Crippen LogP contribution in [0.15, 0.2) is 0 Å². The largest absolute Gasteiger partial charge is 0.459 e. The van der Waals surface area contributed by atoms with E-state index >= 15 is 0 Å². The van der Waals surface area contributed by atoms with E-state index in [-0.39, 0.29) is 17.5 Å². The van der Waals surface area contributed by atoms with Gasteiger partial charge >= 0.3 is 5.97 Å². The van der Waals surface area contributed by atoms with Crippen LogP contribution in [0.2, 0.25) is 0 Å². The van der Waals surface area contributed by atoms with Gasteiger partial charge in [0.15, 0.2) is 0 Å². The lowest BCUT2D eigenvalue weighted by atomic mass is 9.63. The van der Waals surface area contributed by atoms with Gasteiger partial charge in [0, 0.05) is 5.92 Å². The van der Waals surface area contributed by atoms with Crippen LogP contribution < -0.4 is 0 Å². The third kappa shape index (κ3) is 1.38. The molecule has 4 rings (SSSR count). The zero-order chi connectivity index (χ0) is 14.2. The Bertz CT molecular complexity index is 444. The molecule has 4 fully saturated rings. The molecule has 8 unspecified atom stereocenters. The second-order valence-corrected chi connectivity index (χ2v) is 7.82. The zero-order valence-corrected chi connectivity index (χ0v) is 13.0. The first kappa shape index (κ1) is 13.1. The van der Waals surface area contributed by atoms with Crippen LogP contribution in [0.3, 0.4) is 0 Å². The van der Waals surface area contributed by atoms with Gasteiger partial charge in [-0.05, 0) is 56.8 Å². The Labute approximate surface area is 121 Å². The predicted octanol–water partition coefficient (Wildman–Crippen LogP) is 3.02. The molecule has 0 aromatic carbocycles. The SMILES string of the molecule is CCC1OC(CC)C2C3CC(C4C(=O)OC(C)(C)C34)C12. The van der Waals surface area contributed by atoms with Crippen LogP contribution >= 0.6 is 0 Å². The van der Waals surface area contributed by atoms with Gasteiger partial charge in [-0.15, -0.1) is 0 Å². The summed E-state index contributed by atoms with van der Waals surface area (Å²) in [6, 6.07) is 0. The minimum Gasteiger partial charge on any atom is -0.459 e. The van der Waals surface area contributed by atoms with Crippen molar-refractivity contribution in [2.24, 2.45) is 35.5 Å². The Morgan fingerprint density at radius 1 is 1.10 bits per heavy atom. The fourth-order valence-corrected chi connectivity index (χ4v) is 6.36. The predicted molar refractivity (Wildman–Crippen MR) is 75.0 cm³/mol. The molecule has 0 spiro atoms. The first-order chi connectivity index (χ1) is 9.49. The second-order valence-electron chi connectivity index (χ2n) is 7.82. The molecule has 0 N–H and O–H groups in total. The van der Waals surface area contributed by atoms with Crippen molar-refractivity contribution in [3.8, 4) is 0 Å². The van der Waals surface area contributed by atoms with E-state index in [9.17, 15) is 4.79 Å². The van der Waals surface area contributed by atoms with Crippen LogP contribution in [0.1, 0.15) is 47.0 Å². The average molecular weight is 278 g/mol. The molecule has 20 heavy (non-hydrogen) atoms. The minimum atomic E-state index is -0.269. The molecule has 2 bridgehead atoms. The van der Waals surface area contributed by atoms with Gasteiger partial charge in [-0.3, -0.25) is 4.79 Å². The van der Waals surface area contributed by atoms with Crippen molar-refractivity contribution >= 4 is 5.97 Å². The van der Waals surface area contributed by atoms with Crippen LogP contribution in [0.25, 0.3) is 0 Å². The maximum atomic E-state index is 12.3. The summed E-state index contributed by atoms with van der Waals surface area (Å²) >= 11 is 0. The Hall–Kier alpha value is -0.570. The first-order valence-corrected chi connectivity index (χ1v) is 8.38. The molecule has 0 aromatic rings. The molecule has 0 aromatic heterocycles. The molecule has 8 atom stereocenters. The fourth-order valence-electron chi connectivity index (χ4n) is 6.36. The van der Waals surface area contributed by atoms with E-state index in [1.807, 2.05) is 0 Å².